The third-order valence-electron chi connectivity index (χ3n) is 10.6. The summed E-state index contributed by atoms with van der Waals surface area (Å²) in [7, 11) is 1.61. The molecule has 2 aliphatic heterocycles. The molecule has 2 heterocycles. The van der Waals surface area contributed by atoms with Crippen LogP contribution in [0.3, 0.4) is 0 Å². The van der Waals surface area contributed by atoms with Crippen LogP contribution in [0.15, 0.2) is 148 Å². The number of fused-ring (bicyclic) bond motifs is 4. The summed E-state index contributed by atoms with van der Waals surface area (Å²) in [5.41, 5.74) is 5.76. The molecule has 0 saturated carbocycles. The number of carboxylic acid groups (broad SMARTS) is 1. The highest BCUT2D eigenvalue weighted by atomic mass is 16.5. The number of alkyl carbamates (subject to hydrolysis) is 1. The molecule has 12 nitrogen and oxygen atoms in total. The second kappa shape index (κ2) is 16.0. The van der Waals surface area contributed by atoms with Crippen molar-refractivity contribution in [3.63, 3.8) is 0 Å². The number of carbonyl (C=O) groups is 3. The van der Waals surface area contributed by atoms with E-state index in [0.717, 1.165) is 38.9 Å². The first-order chi connectivity index (χ1) is 27.8. The highest BCUT2D eigenvalue weighted by molar-refractivity contribution is 6.23. The predicted molar refractivity (Wildman–Crippen MR) is 217 cm³/mol. The molecule has 0 radical (unpaired) electrons. The largest absolute Gasteiger partial charge is 0.497 e. The van der Waals surface area contributed by atoms with Gasteiger partial charge >= 0.3 is 12.1 Å². The monoisotopic (exact) mass is 760 g/mol. The van der Waals surface area contributed by atoms with E-state index >= 15 is 0 Å². The van der Waals surface area contributed by atoms with Gasteiger partial charge in [0.1, 0.15) is 23.7 Å². The summed E-state index contributed by atoms with van der Waals surface area (Å²) in [6, 6.07) is 42.3. The number of rotatable bonds is 13. The number of hydrogen-bond donors (Lipinski definition) is 3. The normalized spacial score (nSPS) is 16.9. The lowest BCUT2D eigenvalue weighted by Crippen LogP contribution is -2.51. The lowest BCUT2D eigenvalue weighted by molar-refractivity contribution is -0.138. The van der Waals surface area contributed by atoms with E-state index in [1.807, 2.05) is 121 Å². The van der Waals surface area contributed by atoms with Crippen molar-refractivity contribution in [3.05, 3.63) is 161 Å². The topological polar surface area (TPSA) is 154 Å². The van der Waals surface area contributed by atoms with Gasteiger partial charge in [-0.2, -0.15) is 4.99 Å². The third-order valence-corrected chi connectivity index (χ3v) is 10.6. The average molecular weight is 761 g/mol. The molecule has 1 unspecified atom stereocenters. The second-order valence-electron chi connectivity index (χ2n) is 14.1. The number of benzene rings is 5. The van der Waals surface area contributed by atoms with Crippen molar-refractivity contribution in [1.29, 1.82) is 0 Å². The van der Waals surface area contributed by atoms with Gasteiger partial charge in [-0.05, 0) is 51.1 Å². The van der Waals surface area contributed by atoms with Gasteiger partial charge in [-0.15, -0.1) is 0 Å². The number of ether oxygens (including phenoxy) is 2. The highest BCUT2D eigenvalue weighted by Gasteiger charge is 2.41. The Labute approximate surface area is 329 Å². The van der Waals surface area contributed by atoms with Crippen LogP contribution in [0.1, 0.15) is 40.2 Å². The molecule has 57 heavy (non-hydrogen) atoms. The van der Waals surface area contributed by atoms with E-state index in [1.54, 1.807) is 12.0 Å². The quantitative estimate of drug-likeness (QED) is 0.121. The first-order valence-electron chi connectivity index (χ1n) is 18.7. The van der Waals surface area contributed by atoms with Crippen LogP contribution >= 0.6 is 0 Å². The van der Waals surface area contributed by atoms with Crippen molar-refractivity contribution in [3.8, 4) is 16.9 Å². The van der Waals surface area contributed by atoms with Gasteiger partial charge in [0.25, 0.3) is 5.91 Å². The predicted octanol–water partition coefficient (Wildman–Crippen LogP) is 6.21. The molecule has 5 aromatic carbocycles. The summed E-state index contributed by atoms with van der Waals surface area (Å²) in [5, 5.41) is 15.5. The number of aliphatic imine (C=N–C) groups is 3. The molecule has 286 valence electrons. The van der Waals surface area contributed by atoms with Crippen molar-refractivity contribution < 1.29 is 29.0 Å². The lowest BCUT2D eigenvalue weighted by atomic mass is 9.77. The Balaban J connectivity index is 1.04. The van der Waals surface area contributed by atoms with E-state index < -0.39 is 35.5 Å². The molecule has 2 atom stereocenters. The van der Waals surface area contributed by atoms with Gasteiger partial charge in [0.2, 0.25) is 5.96 Å². The number of carbonyl (C=O) groups excluding carboxylic acids is 2. The van der Waals surface area contributed by atoms with E-state index in [9.17, 15) is 19.5 Å². The fourth-order valence-electron chi connectivity index (χ4n) is 7.90. The first-order valence-corrected chi connectivity index (χ1v) is 18.7. The van der Waals surface area contributed by atoms with Crippen molar-refractivity contribution in [2.24, 2.45) is 20.9 Å². The number of amidine groups is 1. The van der Waals surface area contributed by atoms with E-state index in [-0.39, 0.29) is 38.0 Å². The van der Waals surface area contributed by atoms with Crippen LogP contribution in [0.5, 0.6) is 5.75 Å². The Morgan fingerprint density at radius 1 is 0.842 bits per heavy atom. The summed E-state index contributed by atoms with van der Waals surface area (Å²) >= 11 is 0. The molecular weight excluding hydrogens is 721 g/mol. The van der Waals surface area contributed by atoms with Crippen molar-refractivity contribution in [2.45, 2.75) is 23.9 Å². The number of nitrogens with one attached hydrogen (secondary N) is 2. The van der Waals surface area contributed by atoms with E-state index in [1.165, 1.54) is 6.34 Å². The average Bonchev–Trinajstić information content (AvgIpc) is 3.80. The van der Waals surface area contributed by atoms with Crippen molar-refractivity contribution in [1.82, 2.24) is 15.5 Å². The Morgan fingerprint density at radius 3 is 2.02 bits per heavy atom. The van der Waals surface area contributed by atoms with Crippen LogP contribution in [0.25, 0.3) is 11.1 Å². The molecule has 3 N–H and O–H groups in total. The minimum Gasteiger partial charge on any atom is -0.497 e. The number of hydrogen-bond acceptors (Lipinski definition) is 8. The lowest BCUT2D eigenvalue weighted by Gasteiger charge is -2.33. The van der Waals surface area contributed by atoms with Crippen LogP contribution in [0.4, 0.5) is 4.79 Å². The molecular formula is C45H40N6O6. The molecule has 8 rings (SSSR count). The SMILES string of the molecule is COc1ccc(C(N=C2N=C3C(N=CN3C[C@@H](CNC(=O)OCC3c4ccccc4-c4ccccc43)CC(=O)O)C(=O)N2)(c2ccccc2)c2ccccc2)cc1. The Hall–Kier alpha value is -7.08. The summed E-state index contributed by atoms with van der Waals surface area (Å²) in [5.74, 6) is -1.12. The van der Waals surface area contributed by atoms with Crippen LogP contribution in [0, 0.1) is 5.92 Å². The molecule has 0 aromatic heterocycles. The molecule has 3 aliphatic rings. The summed E-state index contributed by atoms with van der Waals surface area (Å²) in [6.45, 7) is 0.235. The molecule has 12 heteroatoms. The van der Waals surface area contributed by atoms with Crippen LogP contribution in [-0.2, 0) is 19.9 Å². The van der Waals surface area contributed by atoms with Crippen LogP contribution in [0.2, 0.25) is 0 Å². The minimum atomic E-state index is -1.14. The number of nitrogens with zero attached hydrogens (tertiary/aromatic N) is 4. The summed E-state index contributed by atoms with van der Waals surface area (Å²) in [6.07, 6.45) is 0.571. The molecule has 1 aliphatic carbocycles. The van der Waals surface area contributed by atoms with E-state index in [0.29, 0.717) is 11.6 Å². The highest BCUT2D eigenvalue weighted by Crippen LogP contribution is 2.45. The maximum atomic E-state index is 13.6. The summed E-state index contributed by atoms with van der Waals surface area (Å²) in [4.78, 5) is 54.9. The van der Waals surface area contributed by atoms with Gasteiger partial charge in [0, 0.05) is 24.9 Å². The van der Waals surface area contributed by atoms with Crippen LogP contribution < -0.4 is 15.4 Å². The smallest absolute Gasteiger partial charge is 0.407 e. The number of amides is 2. The fraction of sp³-hybridized carbons (Fsp3) is 0.200. The molecule has 2 amide bonds. The zero-order valence-corrected chi connectivity index (χ0v) is 31.1. The summed E-state index contributed by atoms with van der Waals surface area (Å²) < 4.78 is 11.2. The van der Waals surface area contributed by atoms with E-state index in [2.05, 4.69) is 27.8 Å². The van der Waals surface area contributed by atoms with Gasteiger partial charge in [0.15, 0.2) is 6.04 Å². The third kappa shape index (κ3) is 7.37. The number of carboxylic acids is 1. The van der Waals surface area contributed by atoms with Gasteiger partial charge in [-0.3, -0.25) is 19.9 Å². The Kier molecular flexibility index (Phi) is 10.3. The maximum Gasteiger partial charge on any atom is 0.407 e. The second-order valence-corrected chi connectivity index (χ2v) is 14.1. The van der Waals surface area contributed by atoms with Crippen molar-refractivity contribution >= 4 is 36.1 Å². The molecule has 5 aromatic rings. The minimum absolute atomic E-state index is 0.000991. The zero-order chi connectivity index (χ0) is 39.4. The zero-order valence-electron chi connectivity index (χ0n) is 31.1. The molecule has 0 saturated heterocycles. The number of methoxy groups -OCH3 is 1. The van der Waals surface area contributed by atoms with E-state index in [4.69, 9.17) is 19.5 Å². The maximum absolute atomic E-state index is 13.6. The number of aliphatic carboxylic acids is 1. The van der Waals surface area contributed by atoms with Gasteiger partial charge in [-0.1, -0.05) is 121 Å². The van der Waals surface area contributed by atoms with Gasteiger partial charge in [-0.25, -0.2) is 9.79 Å². The Bertz CT molecular complexity index is 2300. The van der Waals surface area contributed by atoms with Crippen molar-refractivity contribution in [2.75, 3.05) is 26.8 Å². The fourth-order valence-corrected chi connectivity index (χ4v) is 7.90. The van der Waals surface area contributed by atoms with Gasteiger partial charge < -0.3 is 24.8 Å². The molecule has 0 bridgehead atoms. The Morgan fingerprint density at radius 2 is 1.42 bits per heavy atom. The number of guanidine groups is 1. The standard InChI is InChI=1S/C45H40N6O6/c1-56-33-22-20-32(21-23-33)45(30-12-4-2-5-13-30,31-14-6-3-7-15-31)50-43-48-41-40(42(54)49-43)47-28-51(41)26-29(24-39(52)53)25-46-44(55)57-27-38-36-18-10-8-16-34(36)35-17-9-11-19-37(35)38/h2-23,28-29,38,40H,24-27H2,1H3,(H,46,55)(H,52,53)(H,49,50,54)/t29-,40?/m1/s1. The first kappa shape index (κ1) is 36.9. The molecule has 0 fully saturated rings. The van der Waals surface area contributed by atoms with Crippen LogP contribution in [-0.4, -0.2) is 79.0 Å². The van der Waals surface area contributed by atoms with Gasteiger partial charge in [0.05, 0.1) is 19.9 Å². The molecule has 0 spiro atoms.